The fraction of sp³-hybridized carbons (Fsp3) is 1.00. The zero-order valence-electron chi connectivity index (χ0n) is 10.1. The van der Waals surface area contributed by atoms with E-state index in [9.17, 15) is 4.21 Å². The van der Waals surface area contributed by atoms with Crippen molar-refractivity contribution < 1.29 is 8.69 Å². The van der Waals surface area contributed by atoms with Gasteiger partial charge in [-0.05, 0) is 27.7 Å². The normalized spacial score (nSPS) is 11.0. The van der Waals surface area contributed by atoms with Gasteiger partial charge < -0.3 is 4.48 Å². The second kappa shape index (κ2) is 8.70. The zero-order chi connectivity index (χ0) is 10.9. The summed E-state index contributed by atoms with van der Waals surface area (Å²) >= 11 is 0. The van der Waals surface area contributed by atoms with Crippen LogP contribution in [0.2, 0.25) is 0 Å². The van der Waals surface area contributed by atoms with Gasteiger partial charge in [-0.1, -0.05) is 0 Å². The smallest absolute Gasteiger partial charge is 0.0757 e. The van der Waals surface area contributed by atoms with Gasteiger partial charge in [-0.3, -0.25) is 4.21 Å². The minimum atomic E-state index is -0.611. The van der Waals surface area contributed by atoms with Crippen LogP contribution in [0.5, 0.6) is 0 Å². The molecule has 13 heavy (non-hydrogen) atoms. The van der Waals surface area contributed by atoms with Crippen LogP contribution in [0.25, 0.3) is 0 Å². The highest BCUT2D eigenvalue weighted by atomic mass is 32.2. The summed E-state index contributed by atoms with van der Waals surface area (Å²) in [5.41, 5.74) is 0. The van der Waals surface area contributed by atoms with Crippen molar-refractivity contribution in [1.29, 1.82) is 0 Å². The molecule has 0 amide bonds. The summed E-state index contributed by atoms with van der Waals surface area (Å²) in [5, 5.41) is 0. The van der Waals surface area contributed by atoms with Crippen molar-refractivity contribution >= 4 is 10.8 Å². The Hall–Kier alpha value is 0.110. The van der Waals surface area contributed by atoms with E-state index in [1.807, 2.05) is 0 Å². The Morgan fingerprint density at radius 3 is 1.00 bits per heavy atom. The molecule has 0 saturated heterocycles. The molecule has 0 rings (SSSR count). The predicted molar refractivity (Wildman–Crippen MR) is 62.4 cm³/mol. The maximum absolute atomic E-state index is 9.56. The second-order valence-electron chi connectivity index (χ2n) is 3.35. The van der Waals surface area contributed by atoms with Gasteiger partial charge >= 0.3 is 0 Å². The van der Waals surface area contributed by atoms with E-state index < -0.39 is 10.8 Å². The van der Waals surface area contributed by atoms with Crippen molar-refractivity contribution in [2.75, 3.05) is 38.7 Å². The van der Waals surface area contributed by atoms with Crippen molar-refractivity contribution in [3.05, 3.63) is 0 Å². The van der Waals surface area contributed by atoms with Crippen molar-refractivity contribution in [3.8, 4) is 0 Å². The number of quaternary nitrogens is 1. The Bertz CT molecular complexity index is 111. The van der Waals surface area contributed by atoms with E-state index in [1.165, 1.54) is 30.7 Å². The minimum absolute atomic E-state index is 0.611. The van der Waals surface area contributed by atoms with Gasteiger partial charge in [-0.15, -0.1) is 0 Å². The number of nitrogens with zero attached hydrogens (tertiary/aromatic N) is 1. The molecule has 0 aliphatic heterocycles. The standard InChI is InChI=1S/C8H20N.C2H6OS/c1-5-9(6-2,7-3)8-4;1-4(2)3/h5-8H2,1-4H3;1-2H3/q+1;. The molecule has 2 nitrogen and oxygen atoms in total. The van der Waals surface area contributed by atoms with E-state index in [0.717, 1.165) is 0 Å². The summed E-state index contributed by atoms with van der Waals surface area (Å²) in [5.74, 6) is 0. The average Bonchev–Trinajstić information content (AvgIpc) is 2.09. The summed E-state index contributed by atoms with van der Waals surface area (Å²) < 4.78 is 10.8. The van der Waals surface area contributed by atoms with Gasteiger partial charge in [-0.2, -0.15) is 0 Å². The lowest BCUT2D eigenvalue weighted by molar-refractivity contribution is -0.921. The molecule has 0 bridgehead atoms. The third-order valence-electron chi connectivity index (χ3n) is 2.68. The Morgan fingerprint density at radius 1 is 0.846 bits per heavy atom. The second-order valence-corrected chi connectivity index (χ2v) is 4.83. The number of hydrogen-bond acceptors (Lipinski definition) is 1. The molecular formula is C10H26NOS+. The van der Waals surface area contributed by atoms with Crippen molar-refractivity contribution in [2.24, 2.45) is 0 Å². The van der Waals surface area contributed by atoms with Crippen LogP contribution < -0.4 is 0 Å². The largest absolute Gasteiger partial charge is 0.325 e. The summed E-state index contributed by atoms with van der Waals surface area (Å²) in [7, 11) is -0.611. The molecule has 0 aliphatic carbocycles. The molecule has 0 N–H and O–H groups in total. The zero-order valence-corrected chi connectivity index (χ0v) is 10.9. The lowest BCUT2D eigenvalue weighted by atomic mass is 10.3. The molecule has 0 aromatic carbocycles. The molecule has 0 radical (unpaired) electrons. The molecule has 82 valence electrons. The van der Waals surface area contributed by atoms with Crippen molar-refractivity contribution in [2.45, 2.75) is 27.7 Å². The third kappa shape index (κ3) is 8.44. The van der Waals surface area contributed by atoms with E-state index >= 15 is 0 Å². The summed E-state index contributed by atoms with van der Waals surface area (Å²) in [6, 6.07) is 0. The highest BCUT2D eigenvalue weighted by Gasteiger charge is 2.16. The lowest BCUT2D eigenvalue weighted by Gasteiger charge is -2.34. The van der Waals surface area contributed by atoms with Crippen LogP contribution in [0.1, 0.15) is 27.7 Å². The molecule has 0 aliphatic rings. The summed E-state index contributed by atoms with van der Waals surface area (Å²) in [6.45, 7) is 14.2. The van der Waals surface area contributed by atoms with E-state index in [-0.39, 0.29) is 0 Å². The summed E-state index contributed by atoms with van der Waals surface area (Å²) in [6.07, 6.45) is 3.28. The highest BCUT2D eigenvalue weighted by Crippen LogP contribution is 2.03. The Labute approximate surface area is 86.4 Å². The maximum Gasteiger partial charge on any atom is 0.0757 e. The molecule has 0 aromatic heterocycles. The average molecular weight is 208 g/mol. The van der Waals surface area contributed by atoms with Crippen LogP contribution in [0, 0.1) is 0 Å². The topological polar surface area (TPSA) is 17.1 Å². The van der Waals surface area contributed by atoms with Gasteiger partial charge in [0, 0.05) is 23.3 Å². The fourth-order valence-corrected chi connectivity index (χ4v) is 1.34. The first kappa shape index (κ1) is 15.6. The molecule has 0 spiro atoms. The van der Waals surface area contributed by atoms with E-state index in [0.29, 0.717) is 0 Å². The van der Waals surface area contributed by atoms with Gasteiger partial charge in [0.05, 0.1) is 26.2 Å². The molecule has 3 heteroatoms. The SMILES string of the molecule is CC[N+](CC)(CC)CC.CS(C)=O. The first-order chi connectivity index (χ1) is 5.97. The number of hydrogen-bond donors (Lipinski definition) is 0. The third-order valence-corrected chi connectivity index (χ3v) is 2.68. The van der Waals surface area contributed by atoms with Crippen LogP contribution in [-0.4, -0.2) is 47.4 Å². The first-order valence-corrected chi connectivity index (χ1v) is 7.04. The van der Waals surface area contributed by atoms with Crippen LogP contribution in [0.4, 0.5) is 0 Å². The van der Waals surface area contributed by atoms with Crippen LogP contribution in [-0.2, 0) is 10.8 Å². The lowest BCUT2D eigenvalue weighted by Crippen LogP contribution is -2.47. The summed E-state index contributed by atoms with van der Waals surface area (Å²) in [4.78, 5) is 0. The monoisotopic (exact) mass is 208 g/mol. The van der Waals surface area contributed by atoms with Gasteiger partial charge in [0.15, 0.2) is 0 Å². The molecule has 0 heterocycles. The quantitative estimate of drug-likeness (QED) is 0.645. The molecule has 0 saturated carbocycles. The molecule has 0 atom stereocenters. The van der Waals surface area contributed by atoms with Gasteiger partial charge in [0.2, 0.25) is 0 Å². The highest BCUT2D eigenvalue weighted by molar-refractivity contribution is 7.83. The molecule has 0 fully saturated rings. The minimum Gasteiger partial charge on any atom is -0.325 e. The van der Waals surface area contributed by atoms with Crippen molar-refractivity contribution in [1.82, 2.24) is 0 Å². The van der Waals surface area contributed by atoms with Crippen molar-refractivity contribution in [3.63, 3.8) is 0 Å². The predicted octanol–water partition coefficient (Wildman–Crippen LogP) is 1.88. The van der Waals surface area contributed by atoms with Crippen LogP contribution >= 0.6 is 0 Å². The van der Waals surface area contributed by atoms with Gasteiger partial charge in [0.25, 0.3) is 0 Å². The Balaban J connectivity index is 0. The Kier molecular flexibility index (Phi) is 10.4. The van der Waals surface area contributed by atoms with Crippen LogP contribution in [0.3, 0.4) is 0 Å². The van der Waals surface area contributed by atoms with Gasteiger partial charge in [-0.25, -0.2) is 0 Å². The molecular weight excluding hydrogens is 182 g/mol. The first-order valence-electron chi connectivity index (χ1n) is 5.08. The number of rotatable bonds is 4. The van der Waals surface area contributed by atoms with E-state index in [4.69, 9.17) is 0 Å². The molecule has 0 unspecified atom stereocenters. The van der Waals surface area contributed by atoms with Crippen LogP contribution in [0.15, 0.2) is 0 Å². The van der Waals surface area contributed by atoms with E-state index in [1.54, 1.807) is 12.5 Å². The molecule has 0 aromatic rings. The van der Waals surface area contributed by atoms with E-state index in [2.05, 4.69) is 27.7 Å². The van der Waals surface area contributed by atoms with Gasteiger partial charge in [0.1, 0.15) is 0 Å². The maximum atomic E-state index is 9.56. The fourth-order valence-electron chi connectivity index (χ4n) is 1.34. The Morgan fingerprint density at radius 2 is 1.00 bits per heavy atom.